The minimum atomic E-state index is -0.502. The summed E-state index contributed by atoms with van der Waals surface area (Å²) in [4.78, 5) is 25.6. The number of anilines is 1. The molecule has 0 radical (unpaired) electrons. The van der Waals surface area contributed by atoms with Crippen LogP contribution in [-0.4, -0.2) is 25.0 Å². The Balaban J connectivity index is 2.19. The Morgan fingerprint density at radius 1 is 1.04 bits per heavy atom. The van der Waals surface area contributed by atoms with Gasteiger partial charge in [0.2, 0.25) is 5.91 Å². The third kappa shape index (κ3) is 4.92. The van der Waals surface area contributed by atoms with Gasteiger partial charge >= 0.3 is 5.97 Å². The first-order valence-corrected chi connectivity index (χ1v) is 7.35. The highest BCUT2D eigenvalue weighted by atomic mass is 19.1. The molecule has 0 heterocycles. The molecule has 0 aliphatic rings. The van der Waals surface area contributed by atoms with E-state index in [1.807, 2.05) is 30.3 Å². The SMILES string of the molecule is CCOC(=O)CN(C(=O)Cc1ccccc1)c1ccc(F)cc1. The monoisotopic (exact) mass is 315 g/mol. The molecule has 4 nitrogen and oxygen atoms in total. The van der Waals surface area contributed by atoms with Gasteiger partial charge in [0.25, 0.3) is 0 Å². The number of nitrogens with zero attached hydrogens (tertiary/aromatic N) is 1. The predicted molar refractivity (Wildman–Crippen MR) is 85.5 cm³/mol. The van der Waals surface area contributed by atoms with Crippen molar-refractivity contribution in [3.63, 3.8) is 0 Å². The van der Waals surface area contributed by atoms with Crippen LogP contribution in [0.2, 0.25) is 0 Å². The zero-order chi connectivity index (χ0) is 16.7. The third-order valence-electron chi connectivity index (χ3n) is 3.23. The number of carbonyl (C=O) groups excluding carboxylic acids is 2. The molecule has 120 valence electrons. The first-order valence-electron chi connectivity index (χ1n) is 7.35. The van der Waals surface area contributed by atoms with E-state index in [2.05, 4.69) is 0 Å². The fourth-order valence-electron chi connectivity index (χ4n) is 2.15. The van der Waals surface area contributed by atoms with Crippen molar-refractivity contribution in [1.29, 1.82) is 0 Å². The molecule has 0 spiro atoms. The van der Waals surface area contributed by atoms with E-state index >= 15 is 0 Å². The third-order valence-corrected chi connectivity index (χ3v) is 3.23. The van der Waals surface area contributed by atoms with Crippen LogP contribution < -0.4 is 4.90 Å². The molecule has 0 aromatic heterocycles. The molecule has 0 aliphatic heterocycles. The highest BCUT2D eigenvalue weighted by Gasteiger charge is 2.20. The molecule has 2 rings (SSSR count). The van der Waals surface area contributed by atoms with E-state index in [4.69, 9.17) is 4.74 Å². The minimum Gasteiger partial charge on any atom is -0.465 e. The molecule has 0 saturated heterocycles. The summed E-state index contributed by atoms with van der Waals surface area (Å²) in [6.45, 7) is 1.74. The van der Waals surface area contributed by atoms with Gasteiger partial charge in [-0.25, -0.2) is 4.39 Å². The number of esters is 1. The molecule has 0 saturated carbocycles. The number of hydrogen-bond acceptors (Lipinski definition) is 3. The molecular weight excluding hydrogens is 297 g/mol. The number of carbonyl (C=O) groups is 2. The Labute approximate surface area is 134 Å². The van der Waals surface area contributed by atoms with Crippen molar-refractivity contribution in [2.45, 2.75) is 13.3 Å². The van der Waals surface area contributed by atoms with Gasteiger partial charge in [-0.05, 0) is 36.8 Å². The van der Waals surface area contributed by atoms with E-state index in [-0.39, 0.29) is 25.5 Å². The Hall–Kier alpha value is -2.69. The van der Waals surface area contributed by atoms with Crippen LogP contribution in [0.15, 0.2) is 54.6 Å². The Morgan fingerprint density at radius 3 is 2.30 bits per heavy atom. The van der Waals surface area contributed by atoms with Crippen molar-refractivity contribution in [3.05, 3.63) is 66.0 Å². The van der Waals surface area contributed by atoms with Gasteiger partial charge in [-0.15, -0.1) is 0 Å². The maximum atomic E-state index is 13.1. The lowest BCUT2D eigenvalue weighted by Crippen LogP contribution is -2.37. The average molecular weight is 315 g/mol. The zero-order valence-corrected chi connectivity index (χ0v) is 12.9. The predicted octanol–water partition coefficient (Wildman–Crippen LogP) is 2.96. The summed E-state index contributed by atoms with van der Waals surface area (Å²) in [6.07, 6.45) is 0.150. The van der Waals surface area contributed by atoms with Crippen molar-refractivity contribution < 1.29 is 18.7 Å². The van der Waals surface area contributed by atoms with Crippen molar-refractivity contribution in [2.75, 3.05) is 18.1 Å². The van der Waals surface area contributed by atoms with Gasteiger partial charge in [0, 0.05) is 5.69 Å². The molecule has 2 aromatic carbocycles. The van der Waals surface area contributed by atoms with Crippen LogP contribution in [0.3, 0.4) is 0 Å². The summed E-state index contributed by atoms with van der Waals surface area (Å²) in [6, 6.07) is 14.7. The number of benzene rings is 2. The number of rotatable bonds is 6. The van der Waals surface area contributed by atoms with Crippen molar-refractivity contribution in [3.8, 4) is 0 Å². The van der Waals surface area contributed by atoms with Crippen molar-refractivity contribution in [1.82, 2.24) is 0 Å². The van der Waals surface area contributed by atoms with Crippen LogP contribution in [0.4, 0.5) is 10.1 Å². The number of amides is 1. The van der Waals surface area contributed by atoms with E-state index in [1.165, 1.54) is 29.2 Å². The average Bonchev–Trinajstić information content (AvgIpc) is 2.55. The summed E-state index contributed by atoms with van der Waals surface area (Å²) in [5, 5.41) is 0. The molecule has 0 bridgehead atoms. The molecule has 23 heavy (non-hydrogen) atoms. The van der Waals surface area contributed by atoms with Crippen LogP contribution in [-0.2, 0) is 20.7 Å². The maximum Gasteiger partial charge on any atom is 0.326 e. The molecule has 5 heteroatoms. The van der Waals surface area contributed by atoms with E-state index in [9.17, 15) is 14.0 Å². The van der Waals surface area contributed by atoms with E-state index in [0.29, 0.717) is 5.69 Å². The fourth-order valence-corrected chi connectivity index (χ4v) is 2.15. The number of ether oxygens (including phenoxy) is 1. The highest BCUT2D eigenvalue weighted by molar-refractivity contribution is 5.98. The van der Waals surface area contributed by atoms with E-state index < -0.39 is 11.8 Å². The quantitative estimate of drug-likeness (QED) is 0.770. The molecule has 2 aromatic rings. The first-order chi connectivity index (χ1) is 11.1. The summed E-state index contributed by atoms with van der Waals surface area (Å²) < 4.78 is 18.0. The molecule has 1 amide bonds. The normalized spacial score (nSPS) is 10.2. The second-order valence-electron chi connectivity index (χ2n) is 4.92. The van der Waals surface area contributed by atoms with Crippen LogP contribution in [0, 0.1) is 5.82 Å². The van der Waals surface area contributed by atoms with Gasteiger partial charge in [-0.2, -0.15) is 0 Å². The Morgan fingerprint density at radius 2 is 1.70 bits per heavy atom. The standard InChI is InChI=1S/C18H18FNO3/c1-2-23-18(22)13-20(16-10-8-15(19)9-11-16)17(21)12-14-6-4-3-5-7-14/h3-11H,2,12-13H2,1H3. The summed E-state index contributed by atoms with van der Waals surface area (Å²) in [5.41, 5.74) is 1.30. The van der Waals surface area contributed by atoms with Crippen LogP contribution >= 0.6 is 0 Å². The van der Waals surface area contributed by atoms with Crippen LogP contribution in [0.5, 0.6) is 0 Å². The lowest BCUT2D eigenvalue weighted by Gasteiger charge is -2.22. The molecule has 0 N–H and O–H groups in total. The Kier molecular flexibility index (Phi) is 5.86. The lowest BCUT2D eigenvalue weighted by molar-refractivity contribution is -0.142. The van der Waals surface area contributed by atoms with Gasteiger partial charge < -0.3 is 9.64 Å². The van der Waals surface area contributed by atoms with Gasteiger partial charge in [-0.3, -0.25) is 9.59 Å². The maximum absolute atomic E-state index is 13.1. The van der Waals surface area contributed by atoms with Crippen molar-refractivity contribution in [2.24, 2.45) is 0 Å². The summed E-state index contributed by atoms with van der Waals surface area (Å²) >= 11 is 0. The zero-order valence-electron chi connectivity index (χ0n) is 12.9. The molecule has 0 unspecified atom stereocenters. The molecular formula is C18H18FNO3. The van der Waals surface area contributed by atoms with Gasteiger partial charge in [0.1, 0.15) is 12.4 Å². The van der Waals surface area contributed by atoms with Crippen LogP contribution in [0.1, 0.15) is 12.5 Å². The summed E-state index contributed by atoms with van der Waals surface area (Å²) in [5.74, 6) is -1.16. The first kappa shape index (κ1) is 16.7. The van der Waals surface area contributed by atoms with E-state index in [0.717, 1.165) is 5.56 Å². The second kappa shape index (κ2) is 8.08. The van der Waals surface area contributed by atoms with Crippen molar-refractivity contribution >= 4 is 17.6 Å². The Bertz CT molecular complexity index is 656. The van der Waals surface area contributed by atoms with Crippen LogP contribution in [0.25, 0.3) is 0 Å². The molecule has 0 fully saturated rings. The van der Waals surface area contributed by atoms with Gasteiger partial charge in [0.05, 0.1) is 13.0 Å². The topological polar surface area (TPSA) is 46.6 Å². The number of halogens is 1. The minimum absolute atomic E-state index is 0.150. The second-order valence-corrected chi connectivity index (χ2v) is 4.92. The largest absolute Gasteiger partial charge is 0.465 e. The smallest absolute Gasteiger partial charge is 0.326 e. The van der Waals surface area contributed by atoms with Gasteiger partial charge in [-0.1, -0.05) is 30.3 Å². The van der Waals surface area contributed by atoms with E-state index in [1.54, 1.807) is 6.92 Å². The highest BCUT2D eigenvalue weighted by Crippen LogP contribution is 2.17. The fraction of sp³-hybridized carbons (Fsp3) is 0.222. The molecule has 0 aliphatic carbocycles. The lowest BCUT2D eigenvalue weighted by atomic mass is 10.1. The number of hydrogen-bond donors (Lipinski definition) is 0. The van der Waals surface area contributed by atoms with Gasteiger partial charge in [0.15, 0.2) is 0 Å². The molecule has 0 atom stereocenters. The summed E-state index contributed by atoms with van der Waals surface area (Å²) in [7, 11) is 0.